The third-order valence-electron chi connectivity index (χ3n) is 4.75. The van der Waals surface area contributed by atoms with Gasteiger partial charge < -0.3 is 9.80 Å². The van der Waals surface area contributed by atoms with E-state index in [4.69, 9.17) is 46.4 Å². The minimum atomic E-state index is -4.60. The molecule has 11 heteroatoms. The van der Waals surface area contributed by atoms with Gasteiger partial charge in [0.1, 0.15) is 10.4 Å². The predicted molar refractivity (Wildman–Crippen MR) is 97.6 cm³/mol. The molecule has 1 heterocycles. The smallest absolute Gasteiger partial charge is 0.332 e. The van der Waals surface area contributed by atoms with Gasteiger partial charge in [0.2, 0.25) is 11.8 Å². The van der Waals surface area contributed by atoms with Crippen molar-refractivity contribution in [3.8, 4) is 0 Å². The molecule has 2 aliphatic rings. The first-order valence-electron chi connectivity index (χ1n) is 7.81. The number of carbonyl (C=O) groups is 2. The third-order valence-corrected chi connectivity index (χ3v) is 6.69. The molecule has 1 aromatic carbocycles. The molecule has 27 heavy (non-hydrogen) atoms. The Morgan fingerprint density at radius 2 is 1.85 bits per heavy atom. The van der Waals surface area contributed by atoms with Crippen LogP contribution in [0, 0.1) is 0 Å². The van der Waals surface area contributed by atoms with E-state index in [0.29, 0.717) is 0 Å². The molecule has 148 valence electrons. The topological polar surface area (TPSA) is 40.6 Å². The molecule has 1 saturated heterocycles. The number of carbonyl (C=O) groups excluding carboxylic acids is 2. The van der Waals surface area contributed by atoms with E-state index in [1.165, 1.54) is 13.1 Å². The summed E-state index contributed by atoms with van der Waals surface area (Å²) in [4.78, 5) is 26.1. The second-order valence-corrected chi connectivity index (χ2v) is 9.15. The van der Waals surface area contributed by atoms with Gasteiger partial charge in [-0.25, -0.2) is 0 Å². The number of nitrogens with zero attached hydrogens (tertiary/aromatic N) is 2. The summed E-state index contributed by atoms with van der Waals surface area (Å²) in [6.07, 6.45) is -4.34. The predicted octanol–water partition coefficient (Wildman–Crippen LogP) is 4.48. The van der Waals surface area contributed by atoms with Crippen molar-refractivity contribution >= 4 is 63.9 Å². The quantitative estimate of drug-likeness (QED) is 0.620. The number of likely N-dealkylation sites (N-methyl/N-ethyl adjacent to an activating group) is 1. The molecule has 0 bridgehead atoms. The Morgan fingerprint density at radius 1 is 1.26 bits per heavy atom. The van der Waals surface area contributed by atoms with Crippen molar-refractivity contribution in [2.75, 3.05) is 18.5 Å². The molecule has 2 unspecified atom stereocenters. The molecule has 1 aliphatic heterocycles. The van der Waals surface area contributed by atoms with Crippen LogP contribution >= 0.6 is 46.4 Å². The Bertz CT molecular complexity index is 817. The van der Waals surface area contributed by atoms with Crippen molar-refractivity contribution in [2.24, 2.45) is 0 Å². The Hall–Kier alpha value is -0.890. The Kier molecular flexibility index (Phi) is 5.07. The number of hydrogen-bond acceptors (Lipinski definition) is 2. The van der Waals surface area contributed by atoms with E-state index in [-0.39, 0.29) is 30.1 Å². The van der Waals surface area contributed by atoms with Gasteiger partial charge in [-0.05, 0) is 24.6 Å². The zero-order valence-electron chi connectivity index (χ0n) is 13.8. The lowest BCUT2D eigenvalue weighted by molar-refractivity contribution is -0.137. The van der Waals surface area contributed by atoms with Gasteiger partial charge in [0.15, 0.2) is 4.87 Å². The third kappa shape index (κ3) is 3.59. The summed E-state index contributed by atoms with van der Waals surface area (Å²) in [5, 5.41) is -0.146. The molecule has 3 rings (SSSR count). The lowest BCUT2D eigenvalue weighted by Crippen LogP contribution is -2.47. The highest BCUT2D eigenvalue weighted by Gasteiger charge is 2.72. The van der Waals surface area contributed by atoms with Crippen LogP contribution in [0.2, 0.25) is 5.02 Å². The summed E-state index contributed by atoms with van der Waals surface area (Å²) in [5.41, 5.74) is -0.948. The summed E-state index contributed by atoms with van der Waals surface area (Å²) in [6, 6.07) is 2.02. The van der Waals surface area contributed by atoms with E-state index in [1.54, 1.807) is 0 Å². The summed E-state index contributed by atoms with van der Waals surface area (Å²) >= 11 is 23.7. The monoisotopic (exact) mass is 462 g/mol. The molecular weight excluding hydrogens is 451 g/mol. The van der Waals surface area contributed by atoms with Gasteiger partial charge in [-0.1, -0.05) is 34.8 Å². The zero-order valence-corrected chi connectivity index (χ0v) is 16.8. The van der Waals surface area contributed by atoms with Crippen LogP contribution in [-0.4, -0.2) is 45.6 Å². The van der Waals surface area contributed by atoms with E-state index in [1.807, 2.05) is 0 Å². The number of benzene rings is 1. The average Bonchev–Trinajstić information content (AvgIpc) is 2.87. The summed E-state index contributed by atoms with van der Waals surface area (Å²) in [7, 11) is 1.39. The highest BCUT2D eigenvalue weighted by Crippen LogP contribution is 2.62. The SMILES string of the molecule is CN(C(=O)C1(Cl)CC1(Cl)Cl)C1CCN(c2cc(Cl)cc(C(F)(F)F)c2)C1=O. The maximum absolute atomic E-state index is 13.0. The number of halogens is 7. The fourth-order valence-corrected chi connectivity index (χ4v) is 4.35. The highest BCUT2D eigenvalue weighted by molar-refractivity contribution is 6.62. The highest BCUT2D eigenvalue weighted by atomic mass is 35.5. The lowest BCUT2D eigenvalue weighted by Gasteiger charge is -2.26. The first-order valence-corrected chi connectivity index (χ1v) is 9.32. The molecule has 0 aromatic heterocycles. The van der Waals surface area contributed by atoms with E-state index < -0.39 is 38.8 Å². The molecule has 4 nitrogen and oxygen atoms in total. The summed E-state index contributed by atoms with van der Waals surface area (Å²) in [6.45, 7) is 0.126. The average molecular weight is 464 g/mol. The van der Waals surface area contributed by atoms with Crippen molar-refractivity contribution in [2.45, 2.75) is 34.3 Å². The second kappa shape index (κ2) is 6.58. The number of anilines is 1. The van der Waals surface area contributed by atoms with Crippen LogP contribution in [-0.2, 0) is 15.8 Å². The van der Waals surface area contributed by atoms with Crippen molar-refractivity contribution < 1.29 is 22.8 Å². The first kappa shape index (κ1) is 20.8. The van der Waals surface area contributed by atoms with Crippen LogP contribution in [0.5, 0.6) is 0 Å². The Labute approximate surface area is 173 Å². The van der Waals surface area contributed by atoms with Crippen LogP contribution in [0.4, 0.5) is 18.9 Å². The van der Waals surface area contributed by atoms with Gasteiger partial charge in [-0.15, -0.1) is 11.6 Å². The van der Waals surface area contributed by atoms with Crippen molar-refractivity contribution in [3.05, 3.63) is 28.8 Å². The standard InChI is InChI=1S/C16H13Cl4F3N2O2/c1-24(13(27)14(18)7-15(14,19)20)11-2-3-25(12(11)26)10-5-8(16(21,22)23)4-9(17)6-10/h4-6,11H,2-3,7H2,1H3. The van der Waals surface area contributed by atoms with Gasteiger partial charge >= 0.3 is 6.18 Å². The van der Waals surface area contributed by atoms with Gasteiger partial charge in [0.25, 0.3) is 0 Å². The Balaban J connectivity index is 1.82. The van der Waals surface area contributed by atoms with E-state index in [0.717, 1.165) is 21.9 Å². The maximum Gasteiger partial charge on any atom is 0.416 e. The number of amides is 2. The number of rotatable bonds is 3. The Morgan fingerprint density at radius 3 is 2.37 bits per heavy atom. The van der Waals surface area contributed by atoms with Crippen LogP contribution in [0.1, 0.15) is 18.4 Å². The molecule has 1 saturated carbocycles. The molecule has 1 aromatic rings. The van der Waals surface area contributed by atoms with Gasteiger partial charge in [-0.2, -0.15) is 13.2 Å². The largest absolute Gasteiger partial charge is 0.416 e. The minimum Gasteiger partial charge on any atom is -0.332 e. The van der Waals surface area contributed by atoms with E-state index >= 15 is 0 Å². The molecular formula is C16H13Cl4F3N2O2. The number of hydrogen-bond donors (Lipinski definition) is 0. The van der Waals surface area contributed by atoms with Crippen LogP contribution in [0.15, 0.2) is 18.2 Å². The van der Waals surface area contributed by atoms with Crippen molar-refractivity contribution in [1.29, 1.82) is 0 Å². The van der Waals surface area contributed by atoms with Crippen molar-refractivity contribution in [1.82, 2.24) is 4.90 Å². The molecule has 1 aliphatic carbocycles. The van der Waals surface area contributed by atoms with Crippen LogP contribution in [0.25, 0.3) is 0 Å². The summed E-state index contributed by atoms with van der Waals surface area (Å²) in [5.74, 6) is -1.13. The minimum absolute atomic E-state index is 0.0132. The number of alkyl halides is 6. The van der Waals surface area contributed by atoms with Crippen LogP contribution in [0.3, 0.4) is 0 Å². The van der Waals surface area contributed by atoms with Crippen molar-refractivity contribution in [3.63, 3.8) is 0 Å². The first-order chi connectivity index (χ1) is 12.3. The fraction of sp³-hybridized carbons (Fsp3) is 0.500. The molecule has 0 spiro atoms. The molecule has 0 radical (unpaired) electrons. The van der Waals surface area contributed by atoms with Gasteiger partial charge in [0.05, 0.1) is 5.56 Å². The van der Waals surface area contributed by atoms with Crippen LogP contribution < -0.4 is 4.90 Å². The molecule has 2 atom stereocenters. The van der Waals surface area contributed by atoms with Gasteiger partial charge in [0, 0.05) is 30.7 Å². The molecule has 2 fully saturated rings. The maximum atomic E-state index is 13.0. The zero-order chi connectivity index (χ0) is 20.4. The fourth-order valence-electron chi connectivity index (χ4n) is 3.09. The molecule has 0 N–H and O–H groups in total. The van der Waals surface area contributed by atoms with Gasteiger partial charge in [-0.3, -0.25) is 9.59 Å². The lowest BCUT2D eigenvalue weighted by atomic mass is 10.1. The summed E-state index contributed by atoms with van der Waals surface area (Å²) < 4.78 is 37.6. The normalized spacial score (nSPS) is 27.0. The molecule has 2 amide bonds. The second-order valence-electron chi connectivity index (χ2n) is 6.59. The van der Waals surface area contributed by atoms with E-state index in [9.17, 15) is 22.8 Å². The van der Waals surface area contributed by atoms with E-state index in [2.05, 4.69) is 0 Å².